The molecule has 0 radical (unpaired) electrons. The number of nitrogens with zero attached hydrogens (tertiary/aromatic N) is 1. The average molecular weight is 375 g/mol. The van der Waals surface area contributed by atoms with Crippen molar-refractivity contribution in [3.05, 3.63) is 58.6 Å². The van der Waals surface area contributed by atoms with Gasteiger partial charge in [0.1, 0.15) is 0 Å². The second-order valence-electron chi connectivity index (χ2n) is 5.19. The Morgan fingerprint density at radius 2 is 1.87 bits per heavy atom. The molecule has 23 heavy (non-hydrogen) atoms. The number of carbonyl (C=O) groups excluding carboxylic acids is 2. The fraction of sp³-hybridized carbons (Fsp3) is 0.222. The summed E-state index contributed by atoms with van der Waals surface area (Å²) in [7, 11) is 1.72. The van der Waals surface area contributed by atoms with E-state index in [1.165, 1.54) is 0 Å². The number of nitrogens with one attached hydrogen (secondary N) is 1. The number of carbonyl (C=O) groups is 2. The molecule has 0 atom stereocenters. The van der Waals surface area contributed by atoms with E-state index in [2.05, 4.69) is 21.2 Å². The van der Waals surface area contributed by atoms with Crippen LogP contribution in [0.2, 0.25) is 0 Å². The summed E-state index contributed by atoms with van der Waals surface area (Å²) in [5.41, 5.74) is 2.00. The molecule has 0 saturated heterocycles. The summed E-state index contributed by atoms with van der Waals surface area (Å²) in [5, 5.41) is 2.84. The number of hydrogen-bond acceptors (Lipinski definition) is 2. The maximum atomic E-state index is 12.6. The monoisotopic (exact) mass is 374 g/mol. The van der Waals surface area contributed by atoms with E-state index in [4.69, 9.17) is 0 Å². The van der Waals surface area contributed by atoms with Crippen LogP contribution in [0, 0.1) is 0 Å². The van der Waals surface area contributed by atoms with Crippen LogP contribution in [-0.2, 0) is 4.79 Å². The van der Waals surface area contributed by atoms with Gasteiger partial charge in [-0.1, -0.05) is 25.1 Å². The molecule has 4 nitrogen and oxygen atoms in total. The SMILES string of the molecule is CCCC(=O)Nc1cccc(N(C)C(=O)c2ccccc2Br)c1. The van der Waals surface area contributed by atoms with E-state index in [1.54, 1.807) is 24.1 Å². The van der Waals surface area contributed by atoms with Gasteiger partial charge in [-0.25, -0.2) is 0 Å². The molecule has 0 spiro atoms. The molecule has 120 valence electrons. The van der Waals surface area contributed by atoms with Crippen LogP contribution in [0.25, 0.3) is 0 Å². The predicted octanol–water partition coefficient (Wildman–Crippen LogP) is 4.46. The second-order valence-corrected chi connectivity index (χ2v) is 6.05. The number of halogens is 1. The molecule has 2 aromatic rings. The Bertz CT molecular complexity index is 716. The minimum Gasteiger partial charge on any atom is -0.326 e. The molecule has 0 aliphatic rings. The second kappa shape index (κ2) is 7.92. The predicted molar refractivity (Wildman–Crippen MR) is 96.9 cm³/mol. The maximum Gasteiger partial charge on any atom is 0.259 e. The van der Waals surface area contributed by atoms with E-state index in [0.29, 0.717) is 17.7 Å². The van der Waals surface area contributed by atoms with E-state index in [9.17, 15) is 9.59 Å². The summed E-state index contributed by atoms with van der Waals surface area (Å²) in [5.74, 6) is -0.140. The van der Waals surface area contributed by atoms with Crippen molar-refractivity contribution in [1.82, 2.24) is 0 Å². The van der Waals surface area contributed by atoms with Crippen LogP contribution in [-0.4, -0.2) is 18.9 Å². The van der Waals surface area contributed by atoms with Crippen molar-refractivity contribution >= 4 is 39.1 Å². The minimum absolute atomic E-state index is 0.0237. The Morgan fingerprint density at radius 3 is 2.57 bits per heavy atom. The van der Waals surface area contributed by atoms with Crippen molar-refractivity contribution < 1.29 is 9.59 Å². The highest BCUT2D eigenvalue weighted by Gasteiger charge is 2.16. The van der Waals surface area contributed by atoms with E-state index in [0.717, 1.165) is 16.6 Å². The van der Waals surface area contributed by atoms with Gasteiger partial charge in [0.2, 0.25) is 5.91 Å². The van der Waals surface area contributed by atoms with E-state index < -0.39 is 0 Å². The van der Waals surface area contributed by atoms with E-state index >= 15 is 0 Å². The molecule has 0 heterocycles. The minimum atomic E-state index is -0.116. The molecule has 0 aliphatic carbocycles. The summed E-state index contributed by atoms with van der Waals surface area (Å²) in [6.07, 6.45) is 1.28. The van der Waals surface area contributed by atoms with E-state index in [1.807, 2.05) is 43.3 Å². The number of hydrogen-bond donors (Lipinski definition) is 1. The zero-order valence-corrected chi connectivity index (χ0v) is 14.8. The quantitative estimate of drug-likeness (QED) is 0.839. The van der Waals surface area contributed by atoms with Gasteiger partial charge in [0.15, 0.2) is 0 Å². The Morgan fingerprint density at radius 1 is 1.13 bits per heavy atom. The van der Waals surface area contributed by atoms with Crippen LogP contribution in [0.1, 0.15) is 30.1 Å². The average Bonchev–Trinajstić information content (AvgIpc) is 2.54. The van der Waals surface area contributed by atoms with Crippen LogP contribution in [0.5, 0.6) is 0 Å². The standard InChI is InChI=1S/C18H19BrN2O2/c1-3-7-17(22)20-13-8-6-9-14(12-13)21(2)18(23)15-10-4-5-11-16(15)19/h4-6,8-12H,3,7H2,1-2H3,(H,20,22). The summed E-state index contributed by atoms with van der Waals surface area (Å²) in [6, 6.07) is 14.6. The Kier molecular flexibility index (Phi) is 5.93. The van der Waals surface area contributed by atoms with Crippen LogP contribution < -0.4 is 10.2 Å². The third kappa shape index (κ3) is 4.42. The summed E-state index contributed by atoms with van der Waals surface area (Å²) < 4.78 is 0.754. The van der Waals surface area contributed by atoms with Crippen LogP contribution in [0.3, 0.4) is 0 Å². The highest BCUT2D eigenvalue weighted by atomic mass is 79.9. The lowest BCUT2D eigenvalue weighted by Crippen LogP contribution is -2.26. The number of anilines is 2. The van der Waals surface area contributed by atoms with Gasteiger partial charge in [-0.3, -0.25) is 9.59 Å². The van der Waals surface area contributed by atoms with Crippen molar-refractivity contribution in [3.8, 4) is 0 Å². The third-order valence-corrected chi connectivity index (χ3v) is 4.09. The van der Waals surface area contributed by atoms with Gasteiger partial charge >= 0.3 is 0 Å². The molecule has 0 aliphatic heterocycles. The third-order valence-electron chi connectivity index (χ3n) is 3.40. The number of benzene rings is 2. The Balaban J connectivity index is 2.19. The van der Waals surface area contributed by atoms with Crippen LogP contribution in [0.15, 0.2) is 53.0 Å². The first-order valence-electron chi connectivity index (χ1n) is 7.45. The fourth-order valence-corrected chi connectivity index (χ4v) is 2.63. The first kappa shape index (κ1) is 17.2. The summed E-state index contributed by atoms with van der Waals surface area (Å²) in [6.45, 7) is 1.96. The van der Waals surface area contributed by atoms with E-state index in [-0.39, 0.29) is 11.8 Å². The number of rotatable bonds is 5. The molecule has 2 aromatic carbocycles. The molecule has 0 aromatic heterocycles. The molecule has 2 amide bonds. The molecule has 0 unspecified atom stereocenters. The molecule has 0 fully saturated rings. The molecule has 5 heteroatoms. The van der Waals surface area contributed by atoms with Crippen molar-refractivity contribution in [2.24, 2.45) is 0 Å². The molecular formula is C18H19BrN2O2. The van der Waals surface area contributed by atoms with Crippen molar-refractivity contribution in [1.29, 1.82) is 0 Å². The molecule has 1 N–H and O–H groups in total. The lowest BCUT2D eigenvalue weighted by Gasteiger charge is -2.19. The maximum absolute atomic E-state index is 12.6. The van der Waals surface area contributed by atoms with Gasteiger partial charge in [-0.15, -0.1) is 0 Å². The van der Waals surface area contributed by atoms with Gasteiger partial charge < -0.3 is 10.2 Å². The first-order chi connectivity index (χ1) is 11.0. The molecule has 0 saturated carbocycles. The topological polar surface area (TPSA) is 49.4 Å². The molecule has 0 bridgehead atoms. The van der Waals surface area contributed by atoms with Gasteiger partial charge in [0.25, 0.3) is 5.91 Å². The lowest BCUT2D eigenvalue weighted by atomic mass is 10.2. The molecule has 2 rings (SSSR count). The van der Waals surface area contributed by atoms with Gasteiger partial charge in [-0.2, -0.15) is 0 Å². The summed E-state index contributed by atoms with van der Waals surface area (Å²) in [4.78, 5) is 25.9. The van der Waals surface area contributed by atoms with Gasteiger partial charge in [-0.05, 0) is 52.7 Å². The normalized spacial score (nSPS) is 10.2. The number of amides is 2. The smallest absolute Gasteiger partial charge is 0.259 e. The van der Waals surface area contributed by atoms with Gasteiger partial charge in [0.05, 0.1) is 5.56 Å². The fourth-order valence-electron chi connectivity index (χ4n) is 2.18. The van der Waals surface area contributed by atoms with Crippen LogP contribution >= 0.6 is 15.9 Å². The highest BCUT2D eigenvalue weighted by Crippen LogP contribution is 2.23. The van der Waals surface area contributed by atoms with Crippen LogP contribution in [0.4, 0.5) is 11.4 Å². The Hall–Kier alpha value is -2.14. The van der Waals surface area contributed by atoms with Crippen molar-refractivity contribution in [2.75, 3.05) is 17.3 Å². The highest BCUT2D eigenvalue weighted by molar-refractivity contribution is 9.10. The Labute approximate surface area is 144 Å². The summed E-state index contributed by atoms with van der Waals surface area (Å²) >= 11 is 3.40. The van der Waals surface area contributed by atoms with Crippen molar-refractivity contribution in [2.45, 2.75) is 19.8 Å². The largest absolute Gasteiger partial charge is 0.326 e. The van der Waals surface area contributed by atoms with Gasteiger partial charge in [0, 0.05) is 29.3 Å². The zero-order chi connectivity index (χ0) is 16.8. The zero-order valence-electron chi connectivity index (χ0n) is 13.2. The first-order valence-corrected chi connectivity index (χ1v) is 8.24. The molecular weight excluding hydrogens is 356 g/mol. The van der Waals surface area contributed by atoms with Crippen molar-refractivity contribution in [3.63, 3.8) is 0 Å². The lowest BCUT2D eigenvalue weighted by molar-refractivity contribution is -0.116.